The number of benzene rings is 1. The van der Waals surface area contributed by atoms with Gasteiger partial charge in [0.05, 0.1) is 11.0 Å². The summed E-state index contributed by atoms with van der Waals surface area (Å²) in [5, 5.41) is 2.33. The van der Waals surface area contributed by atoms with E-state index < -0.39 is 0 Å². The minimum atomic E-state index is 0.655. The van der Waals surface area contributed by atoms with Gasteiger partial charge in [-0.25, -0.2) is 0 Å². The van der Waals surface area contributed by atoms with Gasteiger partial charge in [0.2, 0.25) is 0 Å². The number of pyridine rings is 2. The van der Waals surface area contributed by atoms with Crippen molar-refractivity contribution < 1.29 is 0 Å². The van der Waals surface area contributed by atoms with Gasteiger partial charge in [0.25, 0.3) is 0 Å². The van der Waals surface area contributed by atoms with Crippen LogP contribution >= 0.6 is 0 Å². The van der Waals surface area contributed by atoms with Crippen molar-refractivity contribution in [3.05, 3.63) is 48.3 Å². The summed E-state index contributed by atoms with van der Waals surface area (Å²) in [6, 6.07) is 10.5. The SMILES string of the molecule is CC(C)Cc1cnc2c(ccc3cccnc32)c1. The molecule has 0 amide bonds. The van der Waals surface area contributed by atoms with Crippen LogP contribution in [0, 0.1) is 5.92 Å². The Kier molecular flexibility index (Phi) is 2.71. The van der Waals surface area contributed by atoms with E-state index in [0.29, 0.717) is 5.92 Å². The second-order valence-corrected chi connectivity index (χ2v) is 5.15. The average Bonchev–Trinajstić information content (AvgIpc) is 2.37. The molecular formula is C16H16N2. The molecule has 1 aromatic carbocycles. The highest BCUT2D eigenvalue weighted by Gasteiger charge is 2.04. The molecule has 2 heterocycles. The quantitative estimate of drug-likeness (QED) is 0.629. The zero-order chi connectivity index (χ0) is 12.5. The maximum Gasteiger partial charge on any atom is 0.0964 e. The van der Waals surface area contributed by atoms with Gasteiger partial charge >= 0.3 is 0 Å². The second kappa shape index (κ2) is 4.37. The largest absolute Gasteiger partial charge is 0.254 e. The Labute approximate surface area is 107 Å². The Hall–Kier alpha value is -1.96. The molecule has 0 saturated heterocycles. The van der Waals surface area contributed by atoms with E-state index in [1.807, 2.05) is 18.5 Å². The molecule has 0 aliphatic carbocycles. The molecule has 0 aliphatic rings. The lowest BCUT2D eigenvalue weighted by atomic mass is 10.0. The van der Waals surface area contributed by atoms with Crippen molar-refractivity contribution in [2.24, 2.45) is 5.92 Å². The number of rotatable bonds is 2. The lowest BCUT2D eigenvalue weighted by Gasteiger charge is -2.07. The minimum Gasteiger partial charge on any atom is -0.254 e. The van der Waals surface area contributed by atoms with Crippen LogP contribution < -0.4 is 0 Å². The first-order valence-corrected chi connectivity index (χ1v) is 6.36. The standard InChI is InChI=1S/C16H16N2/c1-11(2)8-12-9-14-6-5-13-4-3-7-17-15(13)16(14)18-10-12/h3-7,9-11H,8H2,1-2H3. The van der Waals surface area contributed by atoms with E-state index in [0.717, 1.165) is 22.8 Å². The molecule has 18 heavy (non-hydrogen) atoms. The smallest absolute Gasteiger partial charge is 0.0964 e. The molecule has 0 N–H and O–H groups in total. The van der Waals surface area contributed by atoms with Gasteiger partial charge in [-0.15, -0.1) is 0 Å². The number of nitrogens with zero attached hydrogens (tertiary/aromatic N) is 2. The molecule has 90 valence electrons. The van der Waals surface area contributed by atoms with Crippen molar-refractivity contribution in [1.82, 2.24) is 9.97 Å². The highest BCUT2D eigenvalue weighted by molar-refractivity contribution is 6.02. The van der Waals surface area contributed by atoms with Crippen LogP contribution in [0.1, 0.15) is 19.4 Å². The van der Waals surface area contributed by atoms with Crippen LogP contribution in [0.15, 0.2) is 42.7 Å². The van der Waals surface area contributed by atoms with Crippen molar-refractivity contribution in [1.29, 1.82) is 0 Å². The van der Waals surface area contributed by atoms with Crippen LogP contribution in [0.2, 0.25) is 0 Å². The Balaban J connectivity index is 2.21. The minimum absolute atomic E-state index is 0.655. The molecule has 3 rings (SSSR count). The van der Waals surface area contributed by atoms with Crippen molar-refractivity contribution in [3.63, 3.8) is 0 Å². The molecule has 2 heteroatoms. The molecule has 0 spiro atoms. The van der Waals surface area contributed by atoms with Gasteiger partial charge in [-0.3, -0.25) is 9.97 Å². The molecule has 0 atom stereocenters. The van der Waals surface area contributed by atoms with Gasteiger partial charge in [-0.1, -0.05) is 32.0 Å². The monoisotopic (exact) mass is 236 g/mol. The van der Waals surface area contributed by atoms with Crippen molar-refractivity contribution in [2.45, 2.75) is 20.3 Å². The average molecular weight is 236 g/mol. The summed E-state index contributed by atoms with van der Waals surface area (Å²) in [6.45, 7) is 4.46. The number of hydrogen-bond donors (Lipinski definition) is 0. The van der Waals surface area contributed by atoms with Gasteiger partial charge in [0.1, 0.15) is 0 Å². The predicted molar refractivity (Wildman–Crippen MR) is 75.6 cm³/mol. The van der Waals surface area contributed by atoms with E-state index in [4.69, 9.17) is 0 Å². The zero-order valence-corrected chi connectivity index (χ0v) is 10.7. The van der Waals surface area contributed by atoms with Crippen molar-refractivity contribution in [2.75, 3.05) is 0 Å². The number of aromatic nitrogens is 2. The summed E-state index contributed by atoms with van der Waals surface area (Å²) in [5.74, 6) is 0.655. The van der Waals surface area contributed by atoms with Gasteiger partial charge in [-0.2, -0.15) is 0 Å². The van der Waals surface area contributed by atoms with Gasteiger partial charge in [0, 0.05) is 23.2 Å². The summed E-state index contributed by atoms with van der Waals surface area (Å²) in [5.41, 5.74) is 3.29. The molecule has 3 aromatic rings. The highest BCUT2D eigenvalue weighted by Crippen LogP contribution is 2.23. The van der Waals surface area contributed by atoms with E-state index in [1.54, 1.807) is 0 Å². The van der Waals surface area contributed by atoms with Gasteiger partial charge in [0.15, 0.2) is 0 Å². The molecule has 0 fully saturated rings. The second-order valence-electron chi connectivity index (χ2n) is 5.15. The third-order valence-electron chi connectivity index (χ3n) is 3.12. The third-order valence-corrected chi connectivity index (χ3v) is 3.12. The number of fused-ring (bicyclic) bond motifs is 3. The Morgan fingerprint density at radius 1 is 1.00 bits per heavy atom. The maximum atomic E-state index is 4.60. The van der Waals surface area contributed by atoms with E-state index in [2.05, 4.69) is 48.1 Å². The topological polar surface area (TPSA) is 25.8 Å². The first-order valence-electron chi connectivity index (χ1n) is 6.36. The first kappa shape index (κ1) is 11.1. The summed E-state index contributed by atoms with van der Waals surface area (Å²) >= 11 is 0. The van der Waals surface area contributed by atoms with E-state index in [-0.39, 0.29) is 0 Å². The lowest BCUT2D eigenvalue weighted by molar-refractivity contribution is 0.646. The summed E-state index contributed by atoms with van der Waals surface area (Å²) in [4.78, 5) is 9.04. The number of hydrogen-bond acceptors (Lipinski definition) is 2. The molecule has 0 saturated carbocycles. The molecule has 0 bridgehead atoms. The van der Waals surface area contributed by atoms with E-state index in [1.165, 1.54) is 10.9 Å². The Morgan fingerprint density at radius 2 is 1.78 bits per heavy atom. The third kappa shape index (κ3) is 1.94. The lowest BCUT2D eigenvalue weighted by Crippen LogP contribution is -1.95. The van der Waals surface area contributed by atoms with E-state index in [9.17, 15) is 0 Å². The van der Waals surface area contributed by atoms with Gasteiger partial charge in [-0.05, 0) is 30.0 Å². The normalized spacial score (nSPS) is 11.5. The van der Waals surface area contributed by atoms with Crippen molar-refractivity contribution >= 4 is 21.8 Å². The molecule has 2 aromatic heterocycles. The zero-order valence-electron chi connectivity index (χ0n) is 10.7. The predicted octanol–water partition coefficient (Wildman–Crippen LogP) is 3.98. The van der Waals surface area contributed by atoms with Gasteiger partial charge < -0.3 is 0 Å². The summed E-state index contributed by atoms with van der Waals surface area (Å²) in [6.07, 6.45) is 4.88. The van der Waals surface area contributed by atoms with Crippen LogP contribution in [-0.4, -0.2) is 9.97 Å². The Bertz CT molecular complexity index is 702. The summed E-state index contributed by atoms with van der Waals surface area (Å²) < 4.78 is 0. The highest BCUT2D eigenvalue weighted by atomic mass is 14.7. The molecule has 0 aliphatic heterocycles. The van der Waals surface area contributed by atoms with Crippen LogP contribution in [0.3, 0.4) is 0 Å². The fraction of sp³-hybridized carbons (Fsp3) is 0.250. The van der Waals surface area contributed by atoms with Crippen molar-refractivity contribution in [3.8, 4) is 0 Å². The fourth-order valence-electron chi connectivity index (χ4n) is 2.36. The van der Waals surface area contributed by atoms with Crippen LogP contribution in [0.5, 0.6) is 0 Å². The molecule has 2 nitrogen and oxygen atoms in total. The van der Waals surface area contributed by atoms with Crippen LogP contribution in [-0.2, 0) is 6.42 Å². The Morgan fingerprint density at radius 3 is 2.61 bits per heavy atom. The van der Waals surface area contributed by atoms with Crippen LogP contribution in [0.25, 0.3) is 21.8 Å². The first-order chi connectivity index (χ1) is 8.74. The van der Waals surface area contributed by atoms with Crippen LogP contribution in [0.4, 0.5) is 0 Å². The molecular weight excluding hydrogens is 220 g/mol. The molecule has 0 unspecified atom stereocenters. The summed E-state index contributed by atoms with van der Waals surface area (Å²) in [7, 11) is 0. The fourth-order valence-corrected chi connectivity index (χ4v) is 2.36. The maximum absolute atomic E-state index is 4.60. The molecule has 0 radical (unpaired) electrons. The van der Waals surface area contributed by atoms with E-state index >= 15 is 0 Å².